The van der Waals surface area contributed by atoms with Crippen LogP contribution in [0.2, 0.25) is 5.02 Å². The first-order valence-electron chi connectivity index (χ1n) is 9.92. The van der Waals surface area contributed by atoms with Gasteiger partial charge in [0.25, 0.3) is 5.56 Å². The summed E-state index contributed by atoms with van der Waals surface area (Å²) < 4.78 is 29.1. The molecule has 162 valence electrons. The van der Waals surface area contributed by atoms with Crippen molar-refractivity contribution < 1.29 is 13.6 Å². The van der Waals surface area contributed by atoms with E-state index in [4.69, 9.17) is 11.6 Å². The SMILES string of the molecule is CC1CCN(C(=O)CSc2nc3ccc(Cl)cc3c(=O)n2-c2ccc(F)cc2F)CC1. The number of fused-ring (bicyclic) bond motifs is 1. The van der Waals surface area contributed by atoms with Crippen LogP contribution in [-0.4, -0.2) is 39.2 Å². The lowest BCUT2D eigenvalue weighted by Gasteiger charge is -2.30. The number of likely N-dealkylation sites (tertiary alicyclic amines) is 1. The van der Waals surface area contributed by atoms with Gasteiger partial charge in [-0.3, -0.25) is 14.2 Å². The minimum absolute atomic E-state index is 0.0583. The topological polar surface area (TPSA) is 55.2 Å². The Morgan fingerprint density at radius 1 is 1.19 bits per heavy atom. The second kappa shape index (κ2) is 8.96. The molecule has 0 N–H and O–H groups in total. The van der Waals surface area contributed by atoms with Crippen molar-refractivity contribution in [2.45, 2.75) is 24.9 Å². The van der Waals surface area contributed by atoms with Crippen molar-refractivity contribution in [2.24, 2.45) is 5.92 Å². The first-order chi connectivity index (χ1) is 14.8. The standard InChI is InChI=1S/C22H20ClF2N3O2S/c1-13-6-8-27(9-7-13)20(29)12-31-22-26-18-4-2-14(23)10-16(18)21(30)28(22)19-5-3-15(24)11-17(19)25/h2-5,10-11,13H,6-9,12H2,1H3. The van der Waals surface area contributed by atoms with Gasteiger partial charge in [-0.2, -0.15) is 0 Å². The monoisotopic (exact) mass is 463 g/mol. The lowest BCUT2D eigenvalue weighted by atomic mass is 9.99. The Morgan fingerprint density at radius 3 is 2.65 bits per heavy atom. The van der Waals surface area contributed by atoms with Crippen molar-refractivity contribution >= 4 is 40.2 Å². The van der Waals surface area contributed by atoms with Gasteiger partial charge in [0, 0.05) is 24.2 Å². The molecule has 0 radical (unpaired) electrons. The van der Waals surface area contributed by atoms with Crippen molar-refractivity contribution in [2.75, 3.05) is 18.8 Å². The molecule has 2 aromatic carbocycles. The van der Waals surface area contributed by atoms with Gasteiger partial charge in [0.15, 0.2) is 5.16 Å². The van der Waals surface area contributed by atoms with E-state index in [1.807, 2.05) is 0 Å². The van der Waals surface area contributed by atoms with Crippen molar-refractivity contribution in [3.8, 4) is 5.69 Å². The van der Waals surface area contributed by atoms with E-state index < -0.39 is 17.2 Å². The molecule has 3 aromatic rings. The summed E-state index contributed by atoms with van der Waals surface area (Å²) in [5.74, 6) is -1.06. The second-order valence-corrected chi connectivity index (χ2v) is 9.02. The number of carbonyl (C=O) groups is 1. The third-order valence-electron chi connectivity index (χ3n) is 5.41. The molecule has 0 saturated carbocycles. The van der Waals surface area contributed by atoms with Crippen LogP contribution in [0.15, 0.2) is 46.3 Å². The van der Waals surface area contributed by atoms with Crippen molar-refractivity contribution in [1.29, 1.82) is 0 Å². The predicted octanol–water partition coefficient (Wildman–Crippen LogP) is 4.67. The number of aromatic nitrogens is 2. The van der Waals surface area contributed by atoms with Crippen LogP contribution < -0.4 is 5.56 Å². The average molecular weight is 464 g/mol. The normalized spacial score (nSPS) is 14.9. The predicted molar refractivity (Wildman–Crippen MR) is 118 cm³/mol. The zero-order valence-corrected chi connectivity index (χ0v) is 18.3. The lowest BCUT2D eigenvalue weighted by Crippen LogP contribution is -2.39. The molecule has 1 fully saturated rings. The summed E-state index contributed by atoms with van der Waals surface area (Å²) in [6.45, 7) is 3.56. The van der Waals surface area contributed by atoms with E-state index in [9.17, 15) is 18.4 Å². The first kappa shape index (κ1) is 21.8. The summed E-state index contributed by atoms with van der Waals surface area (Å²) in [7, 11) is 0. The number of amides is 1. The van der Waals surface area contributed by atoms with Gasteiger partial charge in [-0.1, -0.05) is 30.3 Å². The van der Waals surface area contributed by atoms with Gasteiger partial charge in [0.05, 0.1) is 22.3 Å². The molecular weight excluding hydrogens is 444 g/mol. The quantitative estimate of drug-likeness (QED) is 0.417. The Kier molecular flexibility index (Phi) is 6.29. The van der Waals surface area contributed by atoms with Gasteiger partial charge < -0.3 is 4.90 Å². The Hall–Kier alpha value is -2.45. The van der Waals surface area contributed by atoms with Gasteiger partial charge in [-0.05, 0) is 49.1 Å². The number of rotatable bonds is 4. The highest BCUT2D eigenvalue weighted by atomic mass is 35.5. The van der Waals surface area contributed by atoms with E-state index in [0.717, 1.165) is 35.2 Å². The van der Waals surface area contributed by atoms with E-state index in [-0.39, 0.29) is 27.9 Å². The number of piperidine rings is 1. The fraction of sp³-hybridized carbons (Fsp3) is 0.318. The zero-order chi connectivity index (χ0) is 22.1. The largest absolute Gasteiger partial charge is 0.342 e. The Balaban J connectivity index is 1.73. The highest BCUT2D eigenvalue weighted by molar-refractivity contribution is 7.99. The van der Waals surface area contributed by atoms with Crippen LogP contribution in [0.4, 0.5) is 8.78 Å². The molecule has 9 heteroatoms. The summed E-state index contributed by atoms with van der Waals surface area (Å²) in [5, 5.41) is 0.702. The van der Waals surface area contributed by atoms with Crippen molar-refractivity contribution in [3.05, 3.63) is 63.4 Å². The maximum atomic E-state index is 14.6. The molecule has 1 aliphatic heterocycles. The van der Waals surface area contributed by atoms with E-state index in [1.54, 1.807) is 17.0 Å². The molecular formula is C22H20ClF2N3O2S. The molecule has 1 saturated heterocycles. The van der Waals surface area contributed by atoms with Crippen LogP contribution >= 0.6 is 23.4 Å². The van der Waals surface area contributed by atoms with Crippen LogP contribution in [0.1, 0.15) is 19.8 Å². The summed E-state index contributed by atoms with van der Waals surface area (Å²) >= 11 is 7.08. The molecule has 0 unspecified atom stereocenters. The Bertz CT molecular complexity index is 1210. The summed E-state index contributed by atoms with van der Waals surface area (Å²) in [6.07, 6.45) is 1.91. The third-order valence-corrected chi connectivity index (χ3v) is 6.57. The van der Waals surface area contributed by atoms with E-state index in [2.05, 4.69) is 11.9 Å². The van der Waals surface area contributed by atoms with Gasteiger partial charge in [0.2, 0.25) is 5.91 Å². The second-order valence-electron chi connectivity index (χ2n) is 7.64. The molecule has 0 atom stereocenters. The molecule has 31 heavy (non-hydrogen) atoms. The van der Waals surface area contributed by atoms with Crippen LogP contribution in [0.25, 0.3) is 16.6 Å². The van der Waals surface area contributed by atoms with Gasteiger partial charge in [-0.15, -0.1) is 0 Å². The van der Waals surface area contributed by atoms with Crippen LogP contribution in [0.3, 0.4) is 0 Å². The number of hydrogen-bond donors (Lipinski definition) is 0. The smallest absolute Gasteiger partial charge is 0.266 e. The first-order valence-corrected chi connectivity index (χ1v) is 11.3. The minimum atomic E-state index is -0.900. The fourth-order valence-electron chi connectivity index (χ4n) is 3.58. The van der Waals surface area contributed by atoms with Crippen molar-refractivity contribution in [3.63, 3.8) is 0 Å². The third kappa shape index (κ3) is 4.60. The molecule has 0 bridgehead atoms. The van der Waals surface area contributed by atoms with E-state index in [1.165, 1.54) is 12.1 Å². The van der Waals surface area contributed by atoms with E-state index >= 15 is 0 Å². The van der Waals surface area contributed by atoms with Gasteiger partial charge in [0.1, 0.15) is 11.6 Å². The number of halogens is 3. The lowest BCUT2D eigenvalue weighted by molar-refractivity contribution is -0.129. The molecule has 0 spiro atoms. The molecule has 1 aliphatic rings. The number of hydrogen-bond acceptors (Lipinski definition) is 4. The van der Waals surface area contributed by atoms with Crippen molar-refractivity contribution in [1.82, 2.24) is 14.5 Å². The maximum Gasteiger partial charge on any atom is 0.266 e. The van der Waals surface area contributed by atoms with Crippen LogP contribution in [0.5, 0.6) is 0 Å². The number of thioether (sulfide) groups is 1. The highest BCUT2D eigenvalue weighted by Crippen LogP contribution is 2.25. The van der Waals surface area contributed by atoms with Gasteiger partial charge in [-0.25, -0.2) is 13.8 Å². The minimum Gasteiger partial charge on any atom is -0.342 e. The Morgan fingerprint density at radius 2 is 1.94 bits per heavy atom. The van der Waals surface area contributed by atoms with Crippen LogP contribution in [-0.2, 0) is 4.79 Å². The number of carbonyl (C=O) groups excluding carboxylic acids is 1. The molecule has 0 aliphatic carbocycles. The maximum absolute atomic E-state index is 14.6. The van der Waals surface area contributed by atoms with Gasteiger partial charge >= 0.3 is 0 Å². The van der Waals surface area contributed by atoms with E-state index in [0.29, 0.717) is 35.6 Å². The van der Waals surface area contributed by atoms with Crippen LogP contribution in [0, 0.1) is 17.6 Å². The molecule has 4 rings (SSSR count). The number of nitrogens with zero attached hydrogens (tertiary/aromatic N) is 3. The Labute approximate surface area is 187 Å². The highest BCUT2D eigenvalue weighted by Gasteiger charge is 2.22. The summed E-state index contributed by atoms with van der Waals surface area (Å²) in [4.78, 5) is 32.2. The summed E-state index contributed by atoms with van der Waals surface area (Å²) in [6, 6.07) is 7.62. The molecule has 5 nitrogen and oxygen atoms in total. The zero-order valence-electron chi connectivity index (χ0n) is 16.8. The number of benzene rings is 2. The molecule has 1 aromatic heterocycles. The fourth-order valence-corrected chi connectivity index (χ4v) is 4.67. The molecule has 1 amide bonds. The molecule has 2 heterocycles. The average Bonchev–Trinajstić information content (AvgIpc) is 2.74. The summed E-state index contributed by atoms with van der Waals surface area (Å²) in [5.41, 5.74) is -0.294.